The van der Waals surface area contributed by atoms with Crippen LogP contribution in [0.2, 0.25) is 0 Å². The Labute approximate surface area is 80.2 Å². The van der Waals surface area contributed by atoms with E-state index in [2.05, 4.69) is 9.55 Å². The summed E-state index contributed by atoms with van der Waals surface area (Å²) in [4.78, 5) is 4.21. The molecule has 1 aliphatic rings. The number of hydrogen-bond donors (Lipinski definition) is 0. The number of imidazole rings is 1. The smallest absolute Gasteiger partial charge is 0.123 e. The monoisotopic (exact) mass is 199 g/mol. The Balaban J connectivity index is 2.13. The van der Waals surface area contributed by atoms with Gasteiger partial charge in [-0.3, -0.25) is 0 Å². The Hall–Kier alpha value is -0.680. The lowest BCUT2D eigenvalue weighted by Gasteiger charge is -2.25. The summed E-state index contributed by atoms with van der Waals surface area (Å²) >= 11 is 0. The van der Waals surface area contributed by atoms with E-state index in [4.69, 9.17) is 0 Å². The quantitative estimate of drug-likeness (QED) is 0.690. The van der Waals surface area contributed by atoms with Gasteiger partial charge in [0.25, 0.3) is 0 Å². The molecule has 0 amide bonds. The van der Waals surface area contributed by atoms with Gasteiger partial charge >= 0.3 is 0 Å². The molecule has 5 heteroatoms. The standard InChI is InChI=1S/C8H13N3OS/c1-2-13(12)11-6-5-10-4-3-9-8(10)7-11/h3-4H,2,5-7H2,1H3. The lowest BCUT2D eigenvalue weighted by molar-refractivity contribution is 0.354. The average molecular weight is 199 g/mol. The average Bonchev–Trinajstić information content (AvgIpc) is 2.63. The third-order valence-electron chi connectivity index (χ3n) is 2.24. The van der Waals surface area contributed by atoms with Gasteiger partial charge in [-0.2, -0.15) is 0 Å². The van der Waals surface area contributed by atoms with E-state index in [1.165, 1.54) is 0 Å². The SMILES string of the molecule is CCS(=O)N1CCn2ccnc2C1. The van der Waals surface area contributed by atoms with E-state index in [1.54, 1.807) is 6.20 Å². The topological polar surface area (TPSA) is 38.1 Å². The van der Waals surface area contributed by atoms with Crippen molar-refractivity contribution in [3.63, 3.8) is 0 Å². The van der Waals surface area contributed by atoms with Crippen LogP contribution in [0.1, 0.15) is 12.7 Å². The van der Waals surface area contributed by atoms with Crippen LogP contribution in [0.4, 0.5) is 0 Å². The van der Waals surface area contributed by atoms with Crippen LogP contribution in [0.25, 0.3) is 0 Å². The first-order valence-electron chi connectivity index (χ1n) is 4.44. The highest BCUT2D eigenvalue weighted by Gasteiger charge is 2.19. The van der Waals surface area contributed by atoms with Crippen LogP contribution >= 0.6 is 0 Å². The van der Waals surface area contributed by atoms with E-state index < -0.39 is 11.0 Å². The molecule has 1 atom stereocenters. The van der Waals surface area contributed by atoms with Gasteiger partial charge < -0.3 is 4.57 Å². The molecule has 0 saturated carbocycles. The van der Waals surface area contributed by atoms with E-state index in [9.17, 15) is 4.21 Å². The molecule has 0 spiro atoms. The van der Waals surface area contributed by atoms with Crippen molar-refractivity contribution in [1.82, 2.24) is 13.9 Å². The molecule has 0 radical (unpaired) electrons. The molecule has 72 valence electrons. The number of rotatable bonds is 2. The summed E-state index contributed by atoms with van der Waals surface area (Å²) in [7, 11) is -0.825. The fourth-order valence-electron chi connectivity index (χ4n) is 1.51. The molecule has 0 aromatic carbocycles. The summed E-state index contributed by atoms with van der Waals surface area (Å²) in [5.41, 5.74) is 0. The second-order valence-corrected chi connectivity index (χ2v) is 4.75. The minimum Gasteiger partial charge on any atom is -0.333 e. The molecule has 0 saturated heterocycles. The van der Waals surface area contributed by atoms with Crippen molar-refractivity contribution < 1.29 is 4.21 Å². The first-order chi connectivity index (χ1) is 6.31. The molecule has 0 aliphatic carbocycles. The van der Waals surface area contributed by atoms with E-state index >= 15 is 0 Å². The summed E-state index contributed by atoms with van der Waals surface area (Å²) in [6.07, 6.45) is 3.77. The van der Waals surface area contributed by atoms with Gasteiger partial charge in [0, 0.05) is 31.2 Å². The summed E-state index contributed by atoms with van der Waals surface area (Å²) in [6, 6.07) is 0. The van der Waals surface area contributed by atoms with E-state index in [0.717, 1.165) is 18.9 Å². The molecular weight excluding hydrogens is 186 g/mol. The van der Waals surface area contributed by atoms with Crippen molar-refractivity contribution in [3.05, 3.63) is 18.2 Å². The summed E-state index contributed by atoms with van der Waals surface area (Å²) < 4.78 is 15.6. The normalized spacial score (nSPS) is 19.8. The number of fused-ring (bicyclic) bond motifs is 1. The Kier molecular flexibility index (Phi) is 2.46. The molecule has 2 rings (SSSR count). The second-order valence-electron chi connectivity index (χ2n) is 3.01. The zero-order chi connectivity index (χ0) is 9.26. The van der Waals surface area contributed by atoms with Crippen molar-refractivity contribution >= 4 is 11.0 Å². The van der Waals surface area contributed by atoms with Crippen molar-refractivity contribution in [1.29, 1.82) is 0 Å². The predicted octanol–water partition coefficient (Wildman–Crippen LogP) is 0.382. The molecule has 0 fully saturated rings. The highest BCUT2D eigenvalue weighted by Crippen LogP contribution is 2.11. The number of hydrogen-bond acceptors (Lipinski definition) is 2. The molecule has 1 unspecified atom stereocenters. The van der Waals surface area contributed by atoms with Crippen molar-refractivity contribution in [2.45, 2.75) is 20.0 Å². The van der Waals surface area contributed by atoms with Gasteiger partial charge in [0.1, 0.15) is 5.82 Å². The zero-order valence-electron chi connectivity index (χ0n) is 7.64. The number of aromatic nitrogens is 2. The van der Waals surface area contributed by atoms with Gasteiger partial charge in [-0.15, -0.1) is 0 Å². The van der Waals surface area contributed by atoms with Gasteiger partial charge in [-0.25, -0.2) is 13.5 Å². The van der Waals surface area contributed by atoms with Gasteiger partial charge in [0.05, 0.1) is 17.5 Å². The minimum absolute atomic E-state index is 0.695. The molecule has 13 heavy (non-hydrogen) atoms. The van der Waals surface area contributed by atoms with Gasteiger partial charge in [0.15, 0.2) is 0 Å². The summed E-state index contributed by atoms with van der Waals surface area (Å²) in [6.45, 7) is 4.43. The van der Waals surface area contributed by atoms with E-state index in [0.29, 0.717) is 12.3 Å². The fourth-order valence-corrected chi connectivity index (χ4v) is 2.42. The minimum atomic E-state index is -0.825. The van der Waals surface area contributed by atoms with Gasteiger partial charge in [0.2, 0.25) is 0 Å². The maximum Gasteiger partial charge on any atom is 0.123 e. The first kappa shape index (κ1) is 8.90. The van der Waals surface area contributed by atoms with Crippen LogP contribution in [0.5, 0.6) is 0 Å². The Morgan fingerprint density at radius 1 is 1.62 bits per heavy atom. The van der Waals surface area contributed by atoms with Crippen LogP contribution in [0.3, 0.4) is 0 Å². The van der Waals surface area contributed by atoms with E-state index in [-0.39, 0.29) is 0 Å². The predicted molar refractivity (Wildman–Crippen MR) is 51.3 cm³/mol. The largest absolute Gasteiger partial charge is 0.333 e. The first-order valence-corrected chi connectivity index (χ1v) is 5.72. The van der Waals surface area contributed by atoms with Crippen LogP contribution in [-0.2, 0) is 24.1 Å². The molecule has 1 aromatic heterocycles. The van der Waals surface area contributed by atoms with Crippen LogP contribution < -0.4 is 0 Å². The molecule has 0 N–H and O–H groups in total. The van der Waals surface area contributed by atoms with Crippen LogP contribution in [0, 0.1) is 0 Å². The highest BCUT2D eigenvalue weighted by molar-refractivity contribution is 7.82. The fraction of sp³-hybridized carbons (Fsp3) is 0.625. The van der Waals surface area contributed by atoms with Crippen LogP contribution in [0.15, 0.2) is 12.4 Å². The molecule has 1 aromatic rings. The Bertz CT molecular complexity index is 323. The second kappa shape index (κ2) is 3.59. The molecule has 4 nitrogen and oxygen atoms in total. The molecule has 1 aliphatic heterocycles. The zero-order valence-corrected chi connectivity index (χ0v) is 8.46. The van der Waals surface area contributed by atoms with Crippen molar-refractivity contribution in [2.24, 2.45) is 0 Å². The van der Waals surface area contributed by atoms with Gasteiger partial charge in [-0.1, -0.05) is 6.92 Å². The highest BCUT2D eigenvalue weighted by atomic mass is 32.2. The lowest BCUT2D eigenvalue weighted by Crippen LogP contribution is -2.35. The number of nitrogens with zero attached hydrogens (tertiary/aromatic N) is 3. The third-order valence-corrected chi connectivity index (χ3v) is 3.63. The maximum absolute atomic E-state index is 11.5. The Morgan fingerprint density at radius 2 is 2.46 bits per heavy atom. The molecule has 2 heterocycles. The van der Waals surface area contributed by atoms with Crippen molar-refractivity contribution in [3.8, 4) is 0 Å². The van der Waals surface area contributed by atoms with Crippen LogP contribution in [-0.4, -0.2) is 30.4 Å². The van der Waals surface area contributed by atoms with Gasteiger partial charge in [-0.05, 0) is 0 Å². The lowest BCUT2D eigenvalue weighted by atomic mass is 10.4. The molecule has 0 bridgehead atoms. The van der Waals surface area contributed by atoms with Crippen molar-refractivity contribution in [2.75, 3.05) is 12.3 Å². The van der Waals surface area contributed by atoms with E-state index in [1.807, 2.05) is 17.4 Å². The third kappa shape index (κ3) is 1.66. The summed E-state index contributed by atoms with van der Waals surface area (Å²) in [5, 5.41) is 0. The Morgan fingerprint density at radius 3 is 3.23 bits per heavy atom. The maximum atomic E-state index is 11.5. The summed E-state index contributed by atoms with van der Waals surface area (Å²) in [5.74, 6) is 1.72. The molecular formula is C8H13N3OS.